The summed E-state index contributed by atoms with van der Waals surface area (Å²) in [4.78, 5) is 29.4. The van der Waals surface area contributed by atoms with E-state index in [1.165, 1.54) is 21.9 Å². The highest BCUT2D eigenvalue weighted by Gasteiger charge is 2.40. The van der Waals surface area contributed by atoms with Gasteiger partial charge >= 0.3 is 0 Å². The molecule has 9 heteroatoms. The number of hydrogen-bond donors (Lipinski definition) is 2. The summed E-state index contributed by atoms with van der Waals surface area (Å²) in [7, 11) is 3.22. The molecule has 1 heterocycles. The molecule has 3 rings (SSSR count). The van der Waals surface area contributed by atoms with Crippen LogP contribution in [0.3, 0.4) is 0 Å². The number of aliphatic hydroxyl groups excluding tert-OH is 1. The third-order valence-corrected chi connectivity index (χ3v) is 5.41. The Labute approximate surface area is 175 Å². The van der Waals surface area contributed by atoms with Gasteiger partial charge in [-0.3, -0.25) is 9.59 Å². The molecule has 0 aromatic heterocycles. The van der Waals surface area contributed by atoms with Crippen molar-refractivity contribution in [2.24, 2.45) is 0 Å². The van der Waals surface area contributed by atoms with Gasteiger partial charge in [-0.15, -0.1) is 0 Å². The van der Waals surface area contributed by atoms with Gasteiger partial charge in [-0.25, -0.2) is 4.39 Å². The van der Waals surface area contributed by atoms with E-state index < -0.39 is 6.35 Å². The normalized spacial score (nSPS) is 18.8. The van der Waals surface area contributed by atoms with Gasteiger partial charge in [-0.1, -0.05) is 12.1 Å². The van der Waals surface area contributed by atoms with Gasteiger partial charge in [-0.2, -0.15) is 0 Å². The molecule has 1 aromatic carbocycles. The Kier molecular flexibility index (Phi) is 7.28. The van der Waals surface area contributed by atoms with Crippen molar-refractivity contribution in [1.82, 2.24) is 20.0 Å². The van der Waals surface area contributed by atoms with Gasteiger partial charge in [0.2, 0.25) is 12.8 Å². The van der Waals surface area contributed by atoms with Crippen molar-refractivity contribution in [2.45, 2.75) is 44.7 Å². The fourth-order valence-electron chi connectivity index (χ4n) is 3.40. The van der Waals surface area contributed by atoms with Crippen LogP contribution in [0.1, 0.15) is 31.2 Å². The molecule has 2 N–H and O–H groups in total. The molecular weight excluding hydrogens is 391 g/mol. The molecule has 0 saturated heterocycles. The molecular formula is C21H29FN4O4. The number of aliphatic hydroxyl groups is 1. The van der Waals surface area contributed by atoms with Crippen molar-refractivity contribution in [3.8, 4) is 0 Å². The van der Waals surface area contributed by atoms with Gasteiger partial charge in [-0.05, 0) is 43.4 Å². The third kappa shape index (κ3) is 4.91. The van der Waals surface area contributed by atoms with Crippen LogP contribution in [-0.4, -0.2) is 71.8 Å². The Hall–Kier alpha value is -2.65. The van der Waals surface area contributed by atoms with Gasteiger partial charge < -0.3 is 29.9 Å². The maximum Gasteiger partial charge on any atom is 0.273 e. The number of benzene rings is 1. The molecule has 0 bridgehead atoms. The van der Waals surface area contributed by atoms with Crippen molar-refractivity contribution in [1.29, 1.82) is 0 Å². The van der Waals surface area contributed by atoms with Crippen molar-refractivity contribution < 1.29 is 23.8 Å². The maximum atomic E-state index is 13.4. The van der Waals surface area contributed by atoms with Gasteiger partial charge in [0.1, 0.15) is 17.3 Å². The highest BCUT2D eigenvalue weighted by atomic mass is 19.1. The van der Waals surface area contributed by atoms with E-state index in [2.05, 4.69) is 5.32 Å². The molecule has 2 amide bonds. The first-order valence-electron chi connectivity index (χ1n) is 10.2. The number of ether oxygens (including phenoxy) is 1. The minimum atomic E-state index is -0.622. The van der Waals surface area contributed by atoms with Crippen molar-refractivity contribution in [3.05, 3.63) is 47.2 Å². The molecule has 30 heavy (non-hydrogen) atoms. The maximum absolute atomic E-state index is 13.4. The van der Waals surface area contributed by atoms with Gasteiger partial charge in [0.15, 0.2) is 0 Å². The second-order valence-electron chi connectivity index (χ2n) is 7.66. The highest BCUT2D eigenvalue weighted by Crippen LogP contribution is 2.31. The molecule has 1 unspecified atom stereocenters. The Morgan fingerprint density at radius 1 is 1.33 bits per heavy atom. The number of likely N-dealkylation sites (N-methyl/N-ethyl adjacent to an activating group) is 1. The smallest absolute Gasteiger partial charge is 0.273 e. The number of carbonyl (C=O) groups excluding carboxylic acids is 2. The summed E-state index contributed by atoms with van der Waals surface area (Å²) in [6.45, 7) is 0.647. The largest absolute Gasteiger partial charge is 0.396 e. The van der Waals surface area contributed by atoms with Gasteiger partial charge in [0.25, 0.3) is 5.91 Å². The van der Waals surface area contributed by atoms with E-state index >= 15 is 0 Å². The predicted octanol–water partition coefficient (Wildman–Crippen LogP) is 1.18. The first kappa shape index (κ1) is 22.0. The molecule has 1 fully saturated rings. The fourth-order valence-corrected chi connectivity index (χ4v) is 3.40. The summed E-state index contributed by atoms with van der Waals surface area (Å²) < 4.78 is 19.5. The van der Waals surface area contributed by atoms with Crippen molar-refractivity contribution >= 4 is 12.3 Å². The highest BCUT2D eigenvalue weighted by molar-refractivity contribution is 5.94. The number of rotatable bonds is 10. The first-order valence-corrected chi connectivity index (χ1v) is 10.2. The third-order valence-electron chi connectivity index (χ3n) is 5.41. The average molecular weight is 420 g/mol. The van der Waals surface area contributed by atoms with Crippen LogP contribution < -0.4 is 5.32 Å². The van der Waals surface area contributed by atoms with Crippen LogP contribution in [0.4, 0.5) is 4.39 Å². The Bertz CT molecular complexity index is 782. The fraction of sp³-hybridized carbons (Fsp3) is 0.524. The minimum absolute atomic E-state index is 0.0251. The molecule has 164 valence electrons. The van der Waals surface area contributed by atoms with Crippen LogP contribution in [0.2, 0.25) is 0 Å². The van der Waals surface area contributed by atoms with E-state index in [1.54, 1.807) is 31.1 Å². The lowest BCUT2D eigenvalue weighted by Gasteiger charge is -2.35. The van der Waals surface area contributed by atoms with Crippen LogP contribution >= 0.6 is 0 Å². The molecule has 1 saturated carbocycles. The summed E-state index contributed by atoms with van der Waals surface area (Å²) in [5, 5.41) is 12.3. The number of hydrogen-bond acceptors (Lipinski definition) is 6. The lowest BCUT2D eigenvalue weighted by atomic mass is 9.96. The zero-order valence-electron chi connectivity index (χ0n) is 17.4. The number of carbonyl (C=O) groups is 2. The van der Waals surface area contributed by atoms with E-state index in [-0.39, 0.29) is 24.4 Å². The number of halogens is 1. The molecule has 1 aliphatic carbocycles. The van der Waals surface area contributed by atoms with E-state index in [1.807, 2.05) is 0 Å². The van der Waals surface area contributed by atoms with E-state index in [9.17, 15) is 14.0 Å². The summed E-state index contributed by atoms with van der Waals surface area (Å²) >= 11 is 0. The Balaban J connectivity index is 1.93. The van der Waals surface area contributed by atoms with E-state index in [0.717, 1.165) is 24.8 Å². The molecule has 1 aromatic rings. The molecule has 0 spiro atoms. The number of amides is 2. The summed E-state index contributed by atoms with van der Waals surface area (Å²) in [5.41, 5.74) is 1.11. The number of nitrogens with zero attached hydrogens (tertiary/aromatic N) is 3. The molecule has 1 aliphatic heterocycles. The zero-order chi connectivity index (χ0) is 21.7. The lowest BCUT2D eigenvalue weighted by Crippen LogP contribution is -2.45. The van der Waals surface area contributed by atoms with E-state index in [0.29, 0.717) is 37.4 Å². The lowest BCUT2D eigenvalue weighted by molar-refractivity contribution is -0.136. The van der Waals surface area contributed by atoms with Crippen molar-refractivity contribution in [2.75, 3.05) is 27.2 Å². The van der Waals surface area contributed by atoms with Crippen LogP contribution in [0, 0.1) is 5.82 Å². The second kappa shape index (κ2) is 9.90. The SMILES string of the molecule is CN(C=O)C1=C(C(=O)N(C)CCCO)N(Cc2ccc(F)cc2)C(OC2CCC2)N1. The minimum Gasteiger partial charge on any atom is -0.396 e. The van der Waals surface area contributed by atoms with Crippen molar-refractivity contribution in [3.63, 3.8) is 0 Å². The first-order chi connectivity index (χ1) is 14.4. The van der Waals surface area contributed by atoms with Gasteiger partial charge in [0, 0.05) is 33.8 Å². The Morgan fingerprint density at radius 2 is 2.03 bits per heavy atom. The summed E-state index contributed by atoms with van der Waals surface area (Å²) in [6, 6.07) is 6.07. The second-order valence-corrected chi connectivity index (χ2v) is 7.66. The molecule has 1 atom stereocenters. The monoisotopic (exact) mass is 420 g/mol. The van der Waals surface area contributed by atoms with Gasteiger partial charge in [0.05, 0.1) is 6.10 Å². The van der Waals surface area contributed by atoms with E-state index in [4.69, 9.17) is 9.84 Å². The van der Waals surface area contributed by atoms with Crippen LogP contribution in [0.5, 0.6) is 0 Å². The van der Waals surface area contributed by atoms with Crippen LogP contribution in [-0.2, 0) is 20.9 Å². The molecule has 2 aliphatic rings. The zero-order valence-corrected chi connectivity index (χ0v) is 17.4. The average Bonchev–Trinajstić information content (AvgIpc) is 3.07. The summed E-state index contributed by atoms with van der Waals surface area (Å²) in [6.07, 6.45) is 3.53. The predicted molar refractivity (Wildman–Crippen MR) is 108 cm³/mol. The quantitative estimate of drug-likeness (QED) is 0.553. The molecule has 0 radical (unpaired) electrons. The summed E-state index contributed by atoms with van der Waals surface area (Å²) in [5.74, 6) is -0.267. The van der Waals surface area contributed by atoms with Crippen LogP contribution in [0.25, 0.3) is 0 Å². The Morgan fingerprint density at radius 3 is 2.60 bits per heavy atom. The van der Waals surface area contributed by atoms with Crippen LogP contribution in [0.15, 0.2) is 35.8 Å². The molecule has 8 nitrogen and oxygen atoms in total. The topological polar surface area (TPSA) is 85.4 Å². The standard InChI is InChI=1S/C21H29FN4O4/c1-24(11-4-12-27)20(29)18-19(25(2)14-28)23-21(30-17-5-3-6-17)26(18)13-15-7-9-16(22)10-8-15/h7-10,14,17,21,23,27H,3-6,11-13H2,1-2H3. The number of nitrogens with one attached hydrogen (secondary N) is 1.